The number of carbonyl (C=O) groups is 3. The van der Waals surface area contributed by atoms with Crippen molar-refractivity contribution in [1.82, 2.24) is 4.90 Å². The van der Waals surface area contributed by atoms with Gasteiger partial charge in [-0.15, -0.1) is 0 Å². The predicted molar refractivity (Wildman–Crippen MR) is 154 cm³/mol. The van der Waals surface area contributed by atoms with E-state index in [-0.39, 0.29) is 34.4 Å². The average molecular weight is 629 g/mol. The van der Waals surface area contributed by atoms with Gasteiger partial charge in [-0.2, -0.15) is 0 Å². The fourth-order valence-electron chi connectivity index (χ4n) is 7.02. The Morgan fingerprint density at radius 3 is 2.58 bits per heavy atom. The number of ether oxygens (including phenoxy) is 4. The van der Waals surface area contributed by atoms with Gasteiger partial charge >= 0.3 is 0 Å². The third kappa shape index (κ3) is 5.11. The minimum atomic E-state index is -2.26. The minimum absolute atomic E-state index is 0.0110. The largest absolute Gasteiger partial charge is 0.507 e. The van der Waals surface area contributed by atoms with Crippen LogP contribution in [0, 0.1) is 0 Å². The Labute approximate surface area is 257 Å². The maximum atomic E-state index is 13.7. The van der Waals surface area contributed by atoms with Crippen LogP contribution in [-0.4, -0.2) is 118 Å². The lowest BCUT2D eigenvalue weighted by atomic mass is 9.72. The second kappa shape index (κ2) is 11.7. The van der Waals surface area contributed by atoms with E-state index in [9.17, 15) is 39.9 Å². The summed E-state index contributed by atoms with van der Waals surface area (Å²) in [6.07, 6.45) is -5.46. The topological polar surface area (TPSA) is 219 Å². The third-order valence-corrected chi connectivity index (χ3v) is 9.38. The molecule has 2 aromatic carbocycles. The molecule has 2 heterocycles. The molecule has 2 fully saturated rings. The Hall–Kier alpha value is -3.47. The molecule has 14 heteroatoms. The minimum Gasteiger partial charge on any atom is -0.507 e. The molecule has 0 aromatic heterocycles. The number of Topliss-reactive ketones (excluding diaryl/α,β-unsaturated/α-hetero) is 1. The van der Waals surface area contributed by atoms with Crippen LogP contribution in [0.15, 0.2) is 18.2 Å². The molecule has 7 atom stereocenters. The number of carbonyl (C=O) groups excluding carboxylic acids is 3. The molecular weight excluding hydrogens is 592 g/mol. The molecule has 4 aliphatic rings. The molecule has 0 amide bonds. The number of nitrogens with two attached hydrogens (primary N) is 1. The van der Waals surface area contributed by atoms with Crippen molar-refractivity contribution in [2.45, 2.75) is 68.7 Å². The maximum Gasteiger partial charge on any atom is 0.200 e. The summed E-state index contributed by atoms with van der Waals surface area (Å²) in [5.41, 5.74) is 2.35. The molecule has 0 bridgehead atoms. The molecule has 0 radical (unpaired) electrons. The lowest BCUT2D eigenvalue weighted by Gasteiger charge is -2.47. The van der Waals surface area contributed by atoms with Crippen LogP contribution in [0.25, 0.3) is 0 Å². The normalized spacial score (nSPS) is 31.7. The molecule has 7 N–H and O–H groups in total. The molecule has 2 aliphatic heterocycles. The first-order valence-corrected chi connectivity index (χ1v) is 14.7. The summed E-state index contributed by atoms with van der Waals surface area (Å²) in [5.74, 6) is -3.89. The van der Waals surface area contributed by atoms with Gasteiger partial charge in [0.2, 0.25) is 0 Å². The van der Waals surface area contributed by atoms with Crippen molar-refractivity contribution < 1.29 is 58.9 Å². The second-order valence-corrected chi connectivity index (χ2v) is 12.0. The van der Waals surface area contributed by atoms with Gasteiger partial charge in [0, 0.05) is 67.9 Å². The molecule has 14 nitrogen and oxygen atoms in total. The first-order chi connectivity index (χ1) is 21.4. The molecule has 2 aliphatic carbocycles. The Morgan fingerprint density at radius 2 is 1.87 bits per heavy atom. The first-order valence-electron chi connectivity index (χ1n) is 14.7. The van der Waals surface area contributed by atoms with E-state index >= 15 is 0 Å². The number of rotatable bonds is 6. The monoisotopic (exact) mass is 628 g/mol. The molecule has 6 rings (SSSR count). The van der Waals surface area contributed by atoms with Crippen LogP contribution < -0.4 is 5.73 Å². The Balaban J connectivity index is 1.42. The Bertz CT molecular complexity index is 1560. The number of nitrogens with zero attached hydrogens (tertiary/aromatic N) is 1. The molecule has 0 saturated carbocycles. The van der Waals surface area contributed by atoms with Crippen LogP contribution in [0.1, 0.15) is 68.8 Å². The summed E-state index contributed by atoms with van der Waals surface area (Å²) in [4.78, 5) is 42.1. The number of morpholine rings is 1. The van der Waals surface area contributed by atoms with Crippen LogP contribution in [-0.2, 0) is 30.2 Å². The number of benzene rings is 2. The molecule has 7 unspecified atom stereocenters. The summed E-state index contributed by atoms with van der Waals surface area (Å²) < 4.78 is 23.2. The van der Waals surface area contributed by atoms with Gasteiger partial charge < -0.3 is 50.2 Å². The van der Waals surface area contributed by atoms with Crippen molar-refractivity contribution in [3.05, 3.63) is 51.6 Å². The Morgan fingerprint density at radius 1 is 1.13 bits per heavy atom. The van der Waals surface area contributed by atoms with Crippen molar-refractivity contribution in [3.63, 3.8) is 0 Å². The number of hydrogen-bond acceptors (Lipinski definition) is 14. The number of aromatic hydroxyl groups is 2. The number of aliphatic hydroxyl groups excluding tert-OH is 2. The van der Waals surface area contributed by atoms with Crippen molar-refractivity contribution in [3.8, 4) is 11.5 Å². The SMILES string of the molecule is COC1CN(C2CC(OC3CC(O)(C(=O)CO)Cc4c(O)c5c(c(O)c43)C(=O)c3c(N)cccc3C5=O)OC(C)C2O)CCO1. The number of phenolic OH excluding ortho intramolecular Hbond substituents is 2. The van der Waals surface area contributed by atoms with Crippen LogP contribution in [0.3, 0.4) is 0 Å². The van der Waals surface area contributed by atoms with Gasteiger partial charge in [0.1, 0.15) is 23.7 Å². The summed E-state index contributed by atoms with van der Waals surface area (Å²) in [5, 5.41) is 55.3. The molecule has 242 valence electrons. The van der Waals surface area contributed by atoms with Gasteiger partial charge in [0.05, 0.1) is 41.6 Å². The maximum absolute atomic E-state index is 13.7. The summed E-state index contributed by atoms with van der Waals surface area (Å²) in [6, 6.07) is 3.82. The number of phenols is 2. The molecule has 2 saturated heterocycles. The van der Waals surface area contributed by atoms with E-state index < -0.39 is 102 Å². The highest BCUT2D eigenvalue weighted by atomic mass is 16.7. The standard InChI is InChI=1S/C31H36N2O12/c1-13-26(36)17(33-6-7-43-21(11-33)42-2)8-20(44-13)45-18-10-31(41,19(35)12-34)9-15-23(18)30(40)25-24(28(15)38)27(37)14-4-3-5-16(32)22(14)29(25)39/h3-5,13,17-18,20-21,26,34,36,38,40-41H,6-12,32H2,1-2H3. The van der Waals surface area contributed by atoms with E-state index in [1.165, 1.54) is 25.3 Å². The number of hydrogen-bond donors (Lipinski definition) is 6. The van der Waals surface area contributed by atoms with Gasteiger partial charge in [-0.05, 0) is 13.0 Å². The fraction of sp³-hybridized carbons (Fsp3) is 0.516. The van der Waals surface area contributed by atoms with Crippen LogP contribution in [0.4, 0.5) is 5.69 Å². The predicted octanol–water partition coefficient (Wildman–Crippen LogP) is -0.0791. The van der Waals surface area contributed by atoms with Gasteiger partial charge in [-0.25, -0.2) is 0 Å². The highest BCUT2D eigenvalue weighted by molar-refractivity contribution is 6.32. The van der Waals surface area contributed by atoms with Crippen molar-refractivity contribution in [2.75, 3.05) is 39.1 Å². The Kier molecular flexibility index (Phi) is 8.20. The van der Waals surface area contributed by atoms with Crippen LogP contribution >= 0.6 is 0 Å². The van der Waals surface area contributed by atoms with Crippen molar-refractivity contribution in [2.24, 2.45) is 0 Å². The number of nitrogen functional groups attached to an aromatic ring is 1. The fourth-order valence-corrected chi connectivity index (χ4v) is 7.02. The number of methoxy groups -OCH3 is 1. The number of anilines is 1. The second-order valence-electron chi connectivity index (χ2n) is 12.0. The number of aliphatic hydroxyl groups is 3. The summed E-state index contributed by atoms with van der Waals surface area (Å²) in [6.45, 7) is 1.88. The zero-order valence-corrected chi connectivity index (χ0v) is 24.8. The lowest BCUT2D eigenvalue weighted by Crippen LogP contribution is -2.59. The van der Waals surface area contributed by atoms with Crippen molar-refractivity contribution >= 4 is 23.0 Å². The number of fused-ring (bicyclic) bond motifs is 3. The molecular formula is C31H36N2O12. The average Bonchev–Trinajstić information content (AvgIpc) is 3.02. The van der Waals surface area contributed by atoms with Gasteiger partial charge in [-0.1, -0.05) is 12.1 Å². The van der Waals surface area contributed by atoms with E-state index in [1.54, 1.807) is 6.92 Å². The van der Waals surface area contributed by atoms with Gasteiger partial charge in [-0.3, -0.25) is 19.3 Å². The number of ketones is 3. The quantitative estimate of drug-likeness (QED) is 0.155. The molecule has 0 spiro atoms. The lowest BCUT2D eigenvalue weighted by molar-refractivity contribution is -0.266. The van der Waals surface area contributed by atoms with Crippen LogP contribution in [0.5, 0.6) is 11.5 Å². The van der Waals surface area contributed by atoms with E-state index in [4.69, 9.17) is 24.7 Å². The summed E-state index contributed by atoms with van der Waals surface area (Å²) >= 11 is 0. The molecule has 45 heavy (non-hydrogen) atoms. The highest BCUT2D eigenvalue weighted by Crippen LogP contribution is 2.52. The van der Waals surface area contributed by atoms with E-state index in [1.807, 2.05) is 4.90 Å². The van der Waals surface area contributed by atoms with E-state index in [0.717, 1.165) is 0 Å². The highest BCUT2D eigenvalue weighted by Gasteiger charge is 2.50. The van der Waals surface area contributed by atoms with Crippen LogP contribution in [0.2, 0.25) is 0 Å². The zero-order chi connectivity index (χ0) is 32.4. The van der Waals surface area contributed by atoms with E-state index in [0.29, 0.717) is 19.7 Å². The van der Waals surface area contributed by atoms with Crippen molar-refractivity contribution in [1.29, 1.82) is 0 Å². The van der Waals surface area contributed by atoms with Gasteiger partial charge in [0.15, 0.2) is 29.9 Å². The van der Waals surface area contributed by atoms with E-state index in [2.05, 4.69) is 0 Å². The molecule has 2 aromatic rings. The summed E-state index contributed by atoms with van der Waals surface area (Å²) in [7, 11) is 1.52. The van der Waals surface area contributed by atoms with Gasteiger partial charge in [0.25, 0.3) is 0 Å². The zero-order valence-electron chi connectivity index (χ0n) is 24.8. The smallest absolute Gasteiger partial charge is 0.200 e. The third-order valence-electron chi connectivity index (χ3n) is 9.38. The first kappa shape index (κ1) is 31.5.